The van der Waals surface area contributed by atoms with E-state index in [2.05, 4.69) is 10.3 Å². The van der Waals surface area contributed by atoms with Crippen molar-refractivity contribution in [3.63, 3.8) is 0 Å². The monoisotopic (exact) mass is 297 g/mol. The maximum Gasteiger partial charge on any atom is 0.134 e. The van der Waals surface area contributed by atoms with Crippen molar-refractivity contribution >= 4 is 22.4 Å². The normalized spacial score (nSPS) is 10.8. The molecular formula is C17H16FN3O. The first-order valence-corrected chi connectivity index (χ1v) is 7.02. The Hall–Kier alpha value is -2.69. The summed E-state index contributed by atoms with van der Waals surface area (Å²) in [6, 6.07) is 9.40. The first-order valence-electron chi connectivity index (χ1n) is 7.02. The second kappa shape index (κ2) is 5.97. The Labute approximate surface area is 127 Å². The van der Waals surface area contributed by atoms with E-state index in [0.717, 1.165) is 16.7 Å². The molecule has 2 aromatic heterocycles. The Kier molecular flexibility index (Phi) is 3.87. The van der Waals surface area contributed by atoms with E-state index in [9.17, 15) is 4.39 Å². The number of hydrogen-bond donors (Lipinski definition) is 2. The molecule has 3 rings (SSSR count). The molecule has 0 unspecified atom stereocenters. The minimum atomic E-state index is -0.469. The van der Waals surface area contributed by atoms with Crippen LogP contribution >= 0.6 is 0 Å². The fourth-order valence-corrected chi connectivity index (χ4v) is 2.40. The molecule has 2 heterocycles. The number of fused-ring (bicyclic) bond motifs is 1. The molecule has 112 valence electrons. The minimum Gasteiger partial charge on any atom is -0.464 e. The number of benzene rings is 1. The zero-order valence-corrected chi connectivity index (χ0v) is 12.2. The van der Waals surface area contributed by atoms with Gasteiger partial charge in [-0.1, -0.05) is 18.2 Å². The lowest BCUT2D eigenvalue weighted by atomic mass is 10.0. The molecule has 0 aliphatic carbocycles. The standard InChI is InChI=1S/C17H16FN3O/c1-11-8-15(20-7-6-18)13(9-21-11)17(19)14-10-22-16-5-3-2-4-12(14)16/h2-5,8-10,19H,6-7H2,1H3,(H,20,21). The Morgan fingerprint density at radius 2 is 2.14 bits per heavy atom. The van der Waals surface area contributed by atoms with Gasteiger partial charge >= 0.3 is 0 Å². The first-order chi connectivity index (χ1) is 10.7. The number of anilines is 1. The molecule has 0 radical (unpaired) electrons. The third kappa shape index (κ3) is 2.57. The molecule has 1 aromatic carbocycles. The molecule has 0 fully saturated rings. The van der Waals surface area contributed by atoms with Gasteiger partial charge < -0.3 is 9.73 Å². The Morgan fingerprint density at radius 3 is 2.95 bits per heavy atom. The summed E-state index contributed by atoms with van der Waals surface area (Å²) in [5.41, 5.74) is 3.89. The van der Waals surface area contributed by atoms with Gasteiger partial charge in [-0.25, -0.2) is 4.39 Å². The highest BCUT2D eigenvalue weighted by atomic mass is 19.1. The highest BCUT2D eigenvalue weighted by Gasteiger charge is 2.15. The molecule has 5 heteroatoms. The van der Waals surface area contributed by atoms with Gasteiger partial charge in [0.15, 0.2) is 0 Å². The number of furan rings is 1. The van der Waals surface area contributed by atoms with Crippen LogP contribution in [-0.2, 0) is 0 Å². The van der Waals surface area contributed by atoms with Crippen LogP contribution in [0.3, 0.4) is 0 Å². The second-order valence-electron chi connectivity index (χ2n) is 5.01. The highest BCUT2D eigenvalue weighted by molar-refractivity contribution is 6.19. The van der Waals surface area contributed by atoms with E-state index in [1.807, 2.05) is 37.3 Å². The van der Waals surface area contributed by atoms with Gasteiger partial charge in [0.2, 0.25) is 0 Å². The highest BCUT2D eigenvalue weighted by Crippen LogP contribution is 2.26. The molecule has 4 nitrogen and oxygen atoms in total. The summed E-state index contributed by atoms with van der Waals surface area (Å²) in [5, 5.41) is 12.4. The first kappa shape index (κ1) is 14.3. The number of hydrogen-bond acceptors (Lipinski definition) is 4. The zero-order valence-electron chi connectivity index (χ0n) is 12.2. The maximum atomic E-state index is 12.4. The summed E-state index contributed by atoms with van der Waals surface area (Å²) in [7, 11) is 0. The van der Waals surface area contributed by atoms with Gasteiger partial charge in [-0.15, -0.1) is 0 Å². The van der Waals surface area contributed by atoms with Gasteiger partial charge in [-0.3, -0.25) is 10.4 Å². The lowest BCUT2D eigenvalue weighted by Crippen LogP contribution is -2.11. The van der Waals surface area contributed by atoms with Crippen LogP contribution in [0.15, 0.2) is 47.2 Å². The Balaban J connectivity index is 2.05. The third-order valence-corrected chi connectivity index (χ3v) is 3.47. The van der Waals surface area contributed by atoms with Crippen LogP contribution in [-0.4, -0.2) is 23.9 Å². The van der Waals surface area contributed by atoms with Crippen molar-refractivity contribution in [3.8, 4) is 0 Å². The average molecular weight is 297 g/mol. The molecule has 0 aliphatic heterocycles. The van der Waals surface area contributed by atoms with Crippen molar-refractivity contribution in [2.45, 2.75) is 6.92 Å². The van der Waals surface area contributed by atoms with Crippen LogP contribution in [0.4, 0.5) is 10.1 Å². The molecule has 0 aliphatic rings. The van der Waals surface area contributed by atoms with Gasteiger partial charge in [0, 0.05) is 40.6 Å². The van der Waals surface area contributed by atoms with Crippen LogP contribution in [0.25, 0.3) is 11.0 Å². The largest absolute Gasteiger partial charge is 0.464 e. The Morgan fingerprint density at radius 1 is 1.32 bits per heavy atom. The average Bonchev–Trinajstić information content (AvgIpc) is 2.96. The predicted molar refractivity (Wildman–Crippen MR) is 85.6 cm³/mol. The molecule has 3 aromatic rings. The third-order valence-electron chi connectivity index (χ3n) is 3.47. The van der Waals surface area contributed by atoms with E-state index in [1.165, 1.54) is 0 Å². The summed E-state index contributed by atoms with van der Waals surface area (Å²) in [4.78, 5) is 4.25. The maximum absolute atomic E-state index is 12.4. The molecule has 2 N–H and O–H groups in total. The fraction of sp³-hybridized carbons (Fsp3) is 0.176. The molecule has 0 saturated heterocycles. The van der Waals surface area contributed by atoms with Crippen molar-refractivity contribution in [3.05, 3.63) is 59.6 Å². The lowest BCUT2D eigenvalue weighted by Gasteiger charge is -2.12. The predicted octanol–water partition coefficient (Wildman–Crippen LogP) is 3.93. The quantitative estimate of drug-likeness (QED) is 0.701. The number of nitrogens with one attached hydrogen (secondary N) is 2. The van der Waals surface area contributed by atoms with Gasteiger partial charge in [0.05, 0.1) is 5.71 Å². The summed E-state index contributed by atoms with van der Waals surface area (Å²) >= 11 is 0. The van der Waals surface area contributed by atoms with Gasteiger partial charge in [0.1, 0.15) is 18.5 Å². The SMILES string of the molecule is Cc1cc(NCCF)c(C(=N)c2coc3ccccc23)cn1. The fourth-order valence-electron chi connectivity index (χ4n) is 2.40. The number of rotatable bonds is 5. The van der Waals surface area contributed by atoms with Crippen molar-refractivity contribution in [1.82, 2.24) is 4.98 Å². The van der Waals surface area contributed by atoms with Crippen LogP contribution in [0.5, 0.6) is 0 Å². The lowest BCUT2D eigenvalue weighted by molar-refractivity contribution is 0.512. The van der Waals surface area contributed by atoms with Crippen LogP contribution in [0.2, 0.25) is 0 Å². The van der Waals surface area contributed by atoms with Gasteiger partial charge in [-0.05, 0) is 19.1 Å². The molecule has 0 bridgehead atoms. The zero-order chi connectivity index (χ0) is 15.5. The van der Waals surface area contributed by atoms with Crippen LogP contribution < -0.4 is 5.32 Å². The van der Waals surface area contributed by atoms with Crippen molar-refractivity contribution < 1.29 is 8.81 Å². The number of para-hydroxylation sites is 1. The summed E-state index contributed by atoms with van der Waals surface area (Å²) in [5.74, 6) is 0. The van der Waals surface area contributed by atoms with Crippen molar-refractivity contribution in [2.75, 3.05) is 18.5 Å². The van der Waals surface area contributed by atoms with E-state index >= 15 is 0 Å². The summed E-state index contributed by atoms with van der Waals surface area (Å²) in [6.45, 7) is 1.60. The van der Waals surface area contributed by atoms with E-state index in [-0.39, 0.29) is 6.54 Å². The summed E-state index contributed by atoms with van der Waals surface area (Å²) < 4.78 is 17.9. The topological polar surface area (TPSA) is 61.9 Å². The second-order valence-corrected chi connectivity index (χ2v) is 5.01. The molecule has 0 amide bonds. The number of pyridine rings is 1. The number of halogens is 1. The number of aromatic nitrogens is 1. The van der Waals surface area contributed by atoms with E-state index in [1.54, 1.807) is 12.5 Å². The number of aryl methyl sites for hydroxylation is 1. The number of nitrogens with zero attached hydrogens (tertiary/aromatic N) is 1. The van der Waals surface area contributed by atoms with E-state index in [4.69, 9.17) is 9.83 Å². The van der Waals surface area contributed by atoms with Gasteiger partial charge in [0.25, 0.3) is 0 Å². The summed E-state index contributed by atoms with van der Waals surface area (Å²) in [6.07, 6.45) is 3.21. The number of alkyl halides is 1. The smallest absolute Gasteiger partial charge is 0.134 e. The minimum absolute atomic E-state index is 0.204. The van der Waals surface area contributed by atoms with Crippen molar-refractivity contribution in [2.24, 2.45) is 0 Å². The molecule has 22 heavy (non-hydrogen) atoms. The molecular weight excluding hydrogens is 281 g/mol. The molecule has 0 atom stereocenters. The molecule has 0 spiro atoms. The Bertz CT molecular complexity index is 826. The van der Waals surface area contributed by atoms with E-state index in [0.29, 0.717) is 22.5 Å². The van der Waals surface area contributed by atoms with Gasteiger partial charge in [-0.2, -0.15) is 0 Å². The van der Waals surface area contributed by atoms with E-state index < -0.39 is 6.67 Å². The van der Waals surface area contributed by atoms with Crippen molar-refractivity contribution in [1.29, 1.82) is 5.41 Å². The molecule has 0 saturated carbocycles. The van der Waals surface area contributed by atoms with Crippen LogP contribution in [0.1, 0.15) is 16.8 Å². The van der Waals surface area contributed by atoms with Crippen LogP contribution in [0, 0.1) is 12.3 Å².